The number of rotatable bonds is 1. The zero-order valence-electron chi connectivity index (χ0n) is 7.57. The van der Waals surface area contributed by atoms with Crippen molar-refractivity contribution in [1.82, 2.24) is 9.78 Å². The molecule has 2 aromatic rings. The Kier molecular flexibility index (Phi) is 2.18. The van der Waals surface area contributed by atoms with E-state index in [0.29, 0.717) is 5.39 Å². The number of hydrogen-bond acceptors (Lipinski definition) is 3. The average molecular weight is 274 g/mol. The second-order valence-corrected chi connectivity index (χ2v) is 3.81. The molecule has 0 spiro atoms. The van der Waals surface area contributed by atoms with E-state index in [-0.39, 0.29) is 15.7 Å². The van der Waals surface area contributed by atoms with Crippen molar-refractivity contribution in [2.75, 3.05) is 0 Å². The number of hydrogen-bond donors (Lipinski definition) is 0. The minimum atomic E-state index is -0.694. The van der Waals surface area contributed by atoms with Crippen molar-refractivity contribution < 1.29 is 9.31 Å². The number of nitrogens with zero attached hydrogens (tertiary/aromatic N) is 3. The number of aryl methyl sites for hydroxylation is 1. The summed E-state index contributed by atoms with van der Waals surface area (Å²) in [7, 11) is 1.62. The zero-order valence-corrected chi connectivity index (χ0v) is 9.15. The standard InChI is InChI=1S/C8H5BrFN3O2/c1-12-3-4-7(9)6(13(14)15)2-5(10)8(4)11-12/h2-3H,1H3. The maximum Gasteiger partial charge on any atom is 0.287 e. The highest BCUT2D eigenvalue weighted by Crippen LogP contribution is 2.33. The summed E-state index contributed by atoms with van der Waals surface area (Å²) in [6, 6.07) is 0.861. The molecular formula is C8H5BrFN3O2. The van der Waals surface area contributed by atoms with Crippen LogP contribution in [0, 0.1) is 15.9 Å². The molecule has 0 N–H and O–H groups in total. The lowest BCUT2D eigenvalue weighted by atomic mass is 10.2. The van der Waals surface area contributed by atoms with Crippen molar-refractivity contribution in [2.24, 2.45) is 7.05 Å². The summed E-state index contributed by atoms with van der Waals surface area (Å²) in [6.07, 6.45) is 1.52. The van der Waals surface area contributed by atoms with Gasteiger partial charge in [-0.15, -0.1) is 0 Å². The van der Waals surface area contributed by atoms with Crippen LogP contribution in [-0.4, -0.2) is 14.7 Å². The van der Waals surface area contributed by atoms with Crippen LogP contribution in [0.15, 0.2) is 16.7 Å². The van der Waals surface area contributed by atoms with Crippen molar-refractivity contribution in [2.45, 2.75) is 0 Å². The summed E-state index contributed by atoms with van der Waals surface area (Å²) in [5.41, 5.74) is -0.178. The molecule has 0 saturated carbocycles. The molecule has 0 unspecified atom stereocenters. The highest BCUT2D eigenvalue weighted by atomic mass is 79.9. The SMILES string of the molecule is Cn1cc2c(Br)c([N+](=O)[O-])cc(F)c2n1. The van der Waals surface area contributed by atoms with Gasteiger partial charge in [0.1, 0.15) is 9.99 Å². The van der Waals surface area contributed by atoms with E-state index in [0.717, 1.165) is 6.07 Å². The normalized spacial score (nSPS) is 10.9. The van der Waals surface area contributed by atoms with Gasteiger partial charge in [-0.05, 0) is 15.9 Å². The lowest BCUT2D eigenvalue weighted by Crippen LogP contribution is -1.92. The van der Waals surface area contributed by atoms with E-state index in [4.69, 9.17) is 0 Å². The quantitative estimate of drug-likeness (QED) is 0.592. The van der Waals surface area contributed by atoms with Crippen molar-refractivity contribution in [1.29, 1.82) is 0 Å². The lowest BCUT2D eigenvalue weighted by molar-refractivity contribution is -0.385. The monoisotopic (exact) mass is 273 g/mol. The van der Waals surface area contributed by atoms with E-state index in [1.807, 2.05) is 0 Å². The van der Waals surface area contributed by atoms with Gasteiger partial charge in [-0.25, -0.2) is 4.39 Å². The van der Waals surface area contributed by atoms with Gasteiger partial charge in [0.2, 0.25) is 0 Å². The fourth-order valence-electron chi connectivity index (χ4n) is 1.35. The molecule has 2 rings (SSSR count). The summed E-state index contributed by atoms with van der Waals surface area (Å²) >= 11 is 3.07. The Balaban J connectivity index is 2.89. The maximum atomic E-state index is 13.4. The van der Waals surface area contributed by atoms with Gasteiger partial charge in [0, 0.05) is 18.6 Å². The Hall–Kier alpha value is -1.50. The van der Waals surface area contributed by atoms with Crippen LogP contribution in [0.25, 0.3) is 10.9 Å². The number of benzene rings is 1. The average Bonchev–Trinajstić information content (AvgIpc) is 2.53. The molecule has 0 aliphatic carbocycles. The molecule has 0 aliphatic rings. The minimum Gasteiger partial charge on any atom is -0.274 e. The Morgan fingerprint density at radius 2 is 2.33 bits per heavy atom. The van der Waals surface area contributed by atoms with Gasteiger partial charge >= 0.3 is 0 Å². The molecule has 0 aliphatic heterocycles. The predicted octanol–water partition coefficient (Wildman–Crippen LogP) is 2.38. The maximum absolute atomic E-state index is 13.4. The summed E-state index contributed by atoms with van der Waals surface area (Å²) in [4.78, 5) is 9.97. The van der Waals surface area contributed by atoms with E-state index in [1.165, 1.54) is 10.9 Å². The highest BCUT2D eigenvalue weighted by molar-refractivity contribution is 9.10. The largest absolute Gasteiger partial charge is 0.287 e. The first-order chi connectivity index (χ1) is 7.00. The van der Waals surface area contributed by atoms with Crippen LogP contribution in [0.1, 0.15) is 0 Å². The summed E-state index contributed by atoms with van der Waals surface area (Å²) in [5, 5.41) is 14.9. The number of halogens is 2. The van der Waals surface area contributed by atoms with E-state index in [9.17, 15) is 14.5 Å². The molecule has 15 heavy (non-hydrogen) atoms. The third-order valence-electron chi connectivity index (χ3n) is 1.98. The topological polar surface area (TPSA) is 61.0 Å². The number of nitro benzene ring substituents is 1. The number of aromatic nitrogens is 2. The Labute approximate surface area is 91.8 Å². The molecule has 1 aromatic heterocycles. The van der Waals surface area contributed by atoms with Gasteiger partial charge in [0.05, 0.1) is 11.0 Å². The van der Waals surface area contributed by atoms with Crippen LogP contribution in [0.5, 0.6) is 0 Å². The van der Waals surface area contributed by atoms with Crippen LogP contribution < -0.4 is 0 Å². The van der Waals surface area contributed by atoms with Gasteiger partial charge in [0.25, 0.3) is 5.69 Å². The van der Waals surface area contributed by atoms with Crippen LogP contribution in [0.2, 0.25) is 0 Å². The van der Waals surface area contributed by atoms with E-state index in [2.05, 4.69) is 21.0 Å². The second kappa shape index (κ2) is 3.27. The molecule has 0 radical (unpaired) electrons. The third kappa shape index (κ3) is 1.48. The van der Waals surface area contributed by atoms with E-state index < -0.39 is 10.7 Å². The summed E-state index contributed by atoms with van der Waals surface area (Å²) in [5.74, 6) is -0.694. The van der Waals surface area contributed by atoms with E-state index >= 15 is 0 Å². The highest BCUT2D eigenvalue weighted by Gasteiger charge is 2.20. The first kappa shape index (κ1) is 10.0. The zero-order chi connectivity index (χ0) is 11.2. The number of nitro groups is 1. The van der Waals surface area contributed by atoms with E-state index in [1.54, 1.807) is 7.05 Å². The Bertz CT molecular complexity index is 567. The van der Waals surface area contributed by atoms with Crippen LogP contribution >= 0.6 is 15.9 Å². The molecule has 5 nitrogen and oxygen atoms in total. The first-order valence-electron chi connectivity index (χ1n) is 3.96. The molecule has 0 atom stereocenters. The summed E-state index contributed by atoms with van der Waals surface area (Å²) < 4.78 is 15.1. The molecular weight excluding hydrogens is 269 g/mol. The van der Waals surface area contributed by atoms with Crippen molar-refractivity contribution in [3.8, 4) is 0 Å². The van der Waals surface area contributed by atoms with Gasteiger partial charge in [-0.1, -0.05) is 0 Å². The number of fused-ring (bicyclic) bond motifs is 1. The van der Waals surface area contributed by atoms with Crippen LogP contribution in [0.3, 0.4) is 0 Å². The van der Waals surface area contributed by atoms with Gasteiger partial charge in [-0.3, -0.25) is 14.8 Å². The van der Waals surface area contributed by atoms with Gasteiger partial charge in [0.15, 0.2) is 5.82 Å². The fourth-order valence-corrected chi connectivity index (χ4v) is 1.90. The smallest absolute Gasteiger partial charge is 0.274 e. The van der Waals surface area contributed by atoms with Crippen molar-refractivity contribution >= 4 is 32.5 Å². The first-order valence-corrected chi connectivity index (χ1v) is 4.75. The molecule has 0 bridgehead atoms. The minimum absolute atomic E-state index is 0.120. The molecule has 0 saturated heterocycles. The van der Waals surface area contributed by atoms with Gasteiger partial charge in [-0.2, -0.15) is 5.10 Å². The van der Waals surface area contributed by atoms with Gasteiger partial charge < -0.3 is 0 Å². The molecule has 1 heterocycles. The van der Waals surface area contributed by atoms with Crippen molar-refractivity contribution in [3.05, 3.63) is 32.7 Å². The molecule has 0 fully saturated rings. The van der Waals surface area contributed by atoms with Crippen molar-refractivity contribution in [3.63, 3.8) is 0 Å². The second-order valence-electron chi connectivity index (χ2n) is 3.01. The molecule has 0 amide bonds. The Morgan fingerprint density at radius 3 is 2.93 bits per heavy atom. The Morgan fingerprint density at radius 1 is 1.67 bits per heavy atom. The predicted molar refractivity (Wildman–Crippen MR) is 55.0 cm³/mol. The molecule has 78 valence electrons. The van der Waals surface area contributed by atoms with Crippen LogP contribution in [-0.2, 0) is 7.05 Å². The lowest BCUT2D eigenvalue weighted by Gasteiger charge is -1.96. The van der Waals surface area contributed by atoms with Crippen LogP contribution in [0.4, 0.5) is 10.1 Å². The third-order valence-corrected chi connectivity index (χ3v) is 2.81. The fraction of sp³-hybridized carbons (Fsp3) is 0.125. The molecule has 7 heteroatoms. The summed E-state index contributed by atoms with van der Waals surface area (Å²) in [6.45, 7) is 0. The molecule has 1 aromatic carbocycles.